The molecule has 1 saturated heterocycles. The van der Waals surface area contributed by atoms with E-state index in [1.807, 2.05) is 12.4 Å². The molecule has 13 heavy (non-hydrogen) atoms. The lowest BCUT2D eigenvalue weighted by Gasteiger charge is -2.32. The summed E-state index contributed by atoms with van der Waals surface area (Å²) in [6.45, 7) is 5.40. The lowest BCUT2D eigenvalue weighted by Crippen LogP contribution is -2.49. The molecule has 0 bridgehead atoms. The number of anilines is 1. The van der Waals surface area contributed by atoms with E-state index in [4.69, 9.17) is 0 Å². The summed E-state index contributed by atoms with van der Waals surface area (Å²) in [7, 11) is 0. The number of aromatic amines is 1. The Morgan fingerprint density at radius 1 is 1.62 bits per heavy atom. The van der Waals surface area contributed by atoms with Crippen molar-refractivity contribution in [1.29, 1.82) is 0 Å². The maximum Gasteiger partial charge on any atom is 0.0750 e. The van der Waals surface area contributed by atoms with Crippen molar-refractivity contribution in [3.05, 3.63) is 12.4 Å². The first-order valence-electron chi connectivity index (χ1n) is 4.33. The van der Waals surface area contributed by atoms with Gasteiger partial charge in [-0.1, -0.05) is 0 Å². The molecule has 1 fully saturated rings. The molecule has 2 N–H and O–H groups in total. The second kappa shape index (κ2) is 4.48. The lowest BCUT2D eigenvalue weighted by atomic mass is 10.2. The number of hydrogen-bond donors (Lipinski definition) is 2. The Morgan fingerprint density at radius 2 is 2.46 bits per heavy atom. The van der Waals surface area contributed by atoms with E-state index >= 15 is 0 Å². The average Bonchev–Trinajstić information content (AvgIpc) is 2.56. The Labute approximate surface area is 84.1 Å². The van der Waals surface area contributed by atoms with Gasteiger partial charge in [0, 0.05) is 31.9 Å². The number of aromatic nitrogens is 2. The zero-order valence-corrected chi connectivity index (χ0v) is 8.47. The molecule has 1 aromatic rings. The molecule has 5 heteroatoms. The minimum Gasteiger partial charge on any atom is -0.366 e. The molecule has 4 nitrogen and oxygen atoms in total. The van der Waals surface area contributed by atoms with E-state index in [0.29, 0.717) is 6.04 Å². The molecular formula is C8H15ClN4. The van der Waals surface area contributed by atoms with Gasteiger partial charge in [-0.05, 0) is 6.92 Å². The number of rotatable bonds is 1. The van der Waals surface area contributed by atoms with Crippen LogP contribution < -0.4 is 10.2 Å². The Bertz CT molecular complexity index is 236. The van der Waals surface area contributed by atoms with Crippen molar-refractivity contribution < 1.29 is 0 Å². The Balaban J connectivity index is 0.000000845. The molecule has 2 rings (SSSR count). The van der Waals surface area contributed by atoms with Crippen molar-refractivity contribution in [3.63, 3.8) is 0 Å². The first-order chi connectivity index (χ1) is 5.86. The lowest BCUT2D eigenvalue weighted by molar-refractivity contribution is 0.485. The van der Waals surface area contributed by atoms with E-state index in [-0.39, 0.29) is 12.4 Å². The van der Waals surface area contributed by atoms with Gasteiger partial charge >= 0.3 is 0 Å². The highest BCUT2D eigenvalue weighted by atomic mass is 35.5. The number of hydrogen-bond acceptors (Lipinski definition) is 3. The fourth-order valence-corrected chi connectivity index (χ4v) is 1.58. The van der Waals surface area contributed by atoms with Gasteiger partial charge in [0.2, 0.25) is 0 Å². The molecule has 0 aliphatic carbocycles. The number of nitrogens with zero attached hydrogens (tertiary/aromatic N) is 2. The Morgan fingerprint density at radius 3 is 3.08 bits per heavy atom. The number of halogens is 1. The van der Waals surface area contributed by atoms with Crippen LogP contribution in [0.25, 0.3) is 0 Å². The summed E-state index contributed by atoms with van der Waals surface area (Å²) in [4.78, 5) is 2.34. The van der Waals surface area contributed by atoms with Crippen LogP contribution in [-0.2, 0) is 0 Å². The van der Waals surface area contributed by atoms with Gasteiger partial charge in [-0.3, -0.25) is 5.10 Å². The molecule has 0 radical (unpaired) electrons. The summed E-state index contributed by atoms with van der Waals surface area (Å²) in [5.74, 6) is 0. The van der Waals surface area contributed by atoms with Crippen LogP contribution in [0.4, 0.5) is 5.69 Å². The van der Waals surface area contributed by atoms with Crippen molar-refractivity contribution in [1.82, 2.24) is 15.5 Å². The van der Waals surface area contributed by atoms with E-state index < -0.39 is 0 Å². The predicted octanol–water partition coefficient (Wildman–Crippen LogP) is 0.630. The van der Waals surface area contributed by atoms with Crippen LogP contribution in [0.15, 0.2) is 12.4 Å². The highest BCUT2D eigenvalue weighted by Crippen LogP contribution is 2.12. The molecule has 0 saturated carbocycles. The Hall–Kier alpha value is -0.740. The third-order valence-corrected chi connectivity index (χ3v) is 2.22. The van der Waals surface area contributed by atoms with Crippen LogP contribution >= 0.6 is 12.4 Å². The topological polar surface area (TPSA) is 44.0 Å². The third-order valence-electron chi connectivity index (χ3n) is 2.22. The first kappa shape index (κ1) is 10.3. The van der Waals surface area contributed by atoms with Crippen molar-refractivity contribution in [3.8, 4) is 0 Å². The van der Waals surface area contributed by atoms with E-state index in [9.17, 15) is 0 Å². The first-order valence-corrected chi connectivity index (χ1v) is 4.33. The highest BCUT2D eigenvalue weighted by Gasteiger charge is 2.15. The number of piperazine rings is 1. The molecule has 1 aliphatic rings. The predicted molar refractivity (Wildman–Crippen MR) is 55.5 cm³/mol. The van der Waals surface area contributed by atoms with Gasteiger partial charge in [0.1, 0.15) is 0 Å². The standard InChI is InChI=1S/C8H14N4.ClH/c1-7-6-12(3-2-9-7)8-4-10-11-5-8;/h4-5,7,9H,2-3,6H2,1H3,(H,10,11);1H. The van der Waals surface area contributed by atoms with Gasteiger partial charge < -0.3 is 10.2 Å². The quantitative estimate of drug-likeness (QED) is 0.702. The normalized spacial score (nSPS) is 22.5. The maximum absolute atomic E-state index is 3.94. The molecule has 1 aliphatic heterocycles. The van der Waals surface area contributed by atoms with Crippen molar-refractivity contribution in [2.45, 2.75) is 13.0 Å². The third kappa shape index (κ3) is 2.35. The van der Waals surface area contributed by atoms with Gasteiger partial charge in [-0.2, -0.15) is 5.10 Å². The van der Waals surface area contributed by atoms with E-state index in [0.717, 1.165) is 19.6 Å². The second-order valence-corrected chi connectivity index (χ2v) is 3.26. The zero-order valence-electron chi connectivity index (χ0n) is 7.66. The van der Waals surface area contributed by atoms with Gasteiger partial charge in [-0.25, -0.2) is 0 Å². The molecular weight excluding hydrogens is 188 g/mol. The molecule has 1 aromatic heterocycles. The van der Waals surface area contributed by atoms with Crippen LogP contribution in [0.5, 0.6) is 0 Å². The molecule has 1 atom stereocenters. The summed E-state index contributed by atoms with van der Waals surface area (Å²) < 4.78 is 0. The largest absolute Gasteiger partial charge is 0.366 e. The van der Waals surface area contributed by atoms with Crippen molar-refractivity contribution >= 4 is 18.1 Å². The molecule has 0 aromatic carbocycles. The van der Waals surface area contributed by atoms with Gasteiger partial charge in [0.05, 0.1) is 11.9 Å². The summed E-state index contributed by atoms with van der Waals surface area (Å²) in [6.07, 6.45) is 3.82. The van der Waals surface area contributed by atoms with E-state index in [1.165, 1.54) is 5.69 Å². The van der Waals surface area contributed by atoms with E-state index in [1.54, 1.807) is 0 Å². The van der Waals surface area contributed by atoms with Crippen LogP contribution in [0.3, 0.4) is 0 Å². The summed E-state index contributed by atoms with van der Waals surface area (Å²) in [5, 5.41) is 10.2. The van der Waals surface area contributed by atoms with Crippen LogP contribution in [0.1, 0.15) is 6.92 Å². The smallest absolute Gasteiger partial charge is 0.0750 e. The van der Waals surface area contributed by atoms with Gasteiger partial charge in [-0.15, -0.1) is 12.4 Å². The van der Waals surface area contributed by atoms with Crippen molar-refractivity contribution in [2.24, 2.45) is 0 Å². The summed E-state index contributed by atoms with van der Waals surface area (Å²) in [6, 6.07) is 0.577. The fourth-order valence-electron chi connectivity index (χ4n) is 1.58. The second-order valence-electron chi connectivity index (χ2n) is 3.26. The molecule has 0 spiro atoms. The van der Waals surface area contributed by atoms with Crippen LogP contribution in [0.2, 0.25) is 0 Å². The van der Waals surface area contributed by atoms with Crippen LogP contribution in [0, 0.1) is 0 Å². The average molecular weight is 203 g/mol. The Kier molecular flexibility index (Phi) is 3.57. The number of H-pyrrole nitrogens is 1. The molecule has 74 valence electrons. The molecule has 2 heterocycles. The minimum atomic E-state index is 0. The summed E-state index contributed by atoms with van der Waals surface area (Å²) in [5.41, 5.74) is 1.20. The van der Waals surface area contributed by atoms with Crippen LogP contribution in [-0.4, -0.2) is 35.9 Å². The fraction of sp³-hybridized carbons (Fsp3) is 0.625. The number of nitrogens with one attached hydrogen (secondary N) is 2. The summed E-state index contributed by atoms with van der Waals surface area (Å²) >= 11 is 0. The maximum atomic E-state index is 3.94. The molecule has 1 unspecified atom stereocenters. The molecule has 0 amide bonds. The zero-order chi connectivity index (χ0) is 8.39. The SMILES string of the molecule is CC1CN(c2cn[nH]c2)CCN1.Cl. The van der Waals surface area contributed by atoms with Crippen molar-refractivity contribution in [2.75, 3.05) is 24.5 Å². The van der Waals surface area contributed by atoms with Gasteiger partial charge in [0.15, 0.2) is 0 Å². The highest BCUT2D eigenvalue weighted by molar-refractivity contribution is 5.85. The monoisotopic (exact) mass is 202 g/mol. The van der Waals surface area contributed by atoms with Gasteiger partial charge in [0.25, 0.3) is 0 Å². The van der Waals surface area contributed by atoms with E-state index in [2.05, 4.69) is 27.3 Å². The minimum absolute atomic E-state index is 0.